The summed E-state index contributed by atoms with van der Waals surface area (Å²) in [5.74, 6) is -0.626. The fraction of sp³-hybridized carbons (Fsp3) is 0. The number of hydrogen-bond acceptors (Lipinski definition) is 3. The summed E-state index contributed by atoms with van der Waals surface area (Å²) in [5.41, 5.74) is -0.0736. The Morgan fingerprint density at radius 3 is 2.69 bits per heavy atom. The second kappa shape index (κ2) is 3.90. The molecule has 0 bridgehead atoms. The Labute approximate surface area is 104 Å². The number of fused-ring (bicyclic) bond motifs is 1. The Balaban J connectivity index is 2.98. The maximum Gasteiger partial charge on any atom is 0.295 e. The van der Waals surface area contributed by atoms with E-state index in [4.69, 9.17) is 4.55 Å². The molecule has 0 saturated carbocycles. The number of aromatic nitrogens is 1. The molecule has 16 heavy (non-hydrogen) atoms. The smallest absolute Gasteiger partial charge is 0.282 e. The Hall–Kier alpha value is -0.800. The van der Waals surface area contributed by atoms with Crippen LogP contribution in [0.15, 0.2) is 29.3 Å². The molecule has 0 radical (unpaired) electrons. The van der Waals surface area contributed by atoms with Crippen LogP contribution in [0.2, 0.25) is 0 Å². The topological polar surface area (TPSA) is 67.3 Å². The van der Waals surface area contributed by atoms with Gasteiger partial charge >= 0.3 is 0 Å². The van der Waals surface area contributed by atoms with E-state index in [-0.39, 0.29) is 15.8 Å². The molecule has 0 aliphatic carbocycles. The normalized spacial score (nSPS) is 11.9. The monoisotopic (exact) mass is 353 g/mol. The van der Waals surface area contributed by atoms with Gasteiger partial charge in [-0.2, -0.15) is 8.42 Å². The van der Waals surface area contributed by atoms with Crippen molar-refractivity contribution in [2.24, 2.45) is 0 Å². The van der Waals surface area contributed by atoms with Crippen molar-refractivity contribution in [2.75, 3.05) is 0 Å². The zero-order chi connectivity index (χ0) is 11.9. The summed E-state index contributed by atoms with van der Waals surface area (Å²) >= 11 is 1.92. The van der Waals surface area contributed by atoms with E-state index in [9.17, 15) is 12.8 Å². The number of halogens is 2. The summed E-state index contributed by atoms with van der Waals surface area (Å²) in [7, 11) is -4.37. The summed E-state index contributed by atoms with van der Waals surface area (Å²) < 4.78 is 45.1. The van der Waals surface area contributed by atoms with E-state index in [0.29, 0.717) is 3.57 Å². The number of pyridine rings is 1. The summed E-state index contributed by atoms with van der Waals surface area (Å²) in [5, 5.41) is 0.0781. The first-order chi connectivity index (χ1) is 7.39. The van der Waals surface area contributed by atoms with Crippen LogP contribution in [0.3, 0.4) is 0 Å². The third-order valence-electron chi connectivity index (χ3n) is 2.00. The van der Waals surface area contributed by atoms with Crippen molar-refractivity contribution in [2.45, 2.75) is 4.90 Å². The minimum atomic E-state index is -4.37. The Kier molecular flexibility index (Phi) is 2.84. The first kappa shape index (κ1) is 11.7. The molecule has 1 N–H and O–H groups in total. The van der Waals surface area contributed by atoms with Gasteiger partial charge in [-0.05, 0) is 40.8 Å². The van der Waals surface area contributed by atoms with Gasteiger partial charge in [0.15, 0.2) is 0 Å². The van der Waals surface area contributed by atoms with Gasteiger partial charge in [0.25, 0.3) is 10.1 Å². The van der Waals surface area contributed by atoms with E-state index in [2.05, 4.69) is 4.98 Å². The molecule has 4 nitrogen and oxygen atoms in total. The summed E-state index contributed by atoms with van der Waals surface area (Å²) in [4.78, 5) is 3.46. The van der Waals surface area contributed by atoms with Crippen molar-refractivity contribution >= 4 is 43.6 Å². The molecule has 1 aromatic heterocycles. The first-order valence-electron chi connectivity index (χ1n) is 4.11. The van der Waals surface area contributed by atoms with Gasteiger partial charge in [-0.1, -0.05) is 0 Å². The van der Waals surface area contributed by atoms with Crippen LogP contribution in [0, 0.1) is 9.39 Å². The molecular weight excluding hydrogens is 348 g/mol. The highest BCUT2D eigenvalue weighted by atomic mass is 127. The standard InChI is InChI=1S/C9H5FINO3S/c10-7-1-2-8(16(13,14)15)6-3-5(11)4-12-9(6)7/h1-4H,(H,13,14,15). The summed E-state index contributed by atoms with van der Waals surface area (Å²) in [6.45, 7) is 0. The molecule has 2 rings (SSSR count). The molecule has 7 heteroatoms. The van der Waals surface area contributed by atoms with E-state index in [0.717, 1.165) is 12.1 Å². The first-order valence-corrected chi connectivity index (χ1v) is 6.63. The van der Waals surface area contributed by atoms with Crippen molar-refractivity contribution in [1.29, 1.82) is 0 Å². The average molecular weight is 353 g/mol. The molecule has 0 fully saturated rings. The molecule has 1 aromatic carbocycles. The molecular formula is C9H5FINO3S. The Morgan fingerprint density at radius 1 is 1.38 bits per heavy atom. The van der Waals surface area contributed by atoms with Gasteiger partial charge in [0.05, 0.1) is 0 Å². The molecule has 0 saturated heterocycles. The van der Waals surface area contributed by atoms with E-state index in [1.165, 1.54) is 12.3 Å². The maximum atomic E-state index is 13.3. The van der Waals surface area contributed by atoms with Crippen LogP contribution in [-0.4, -0.2) is 18.0 Å². The lowest BCUT2D eigenvalue weighted by atomic mass is 10.2. The summed E-state index contributed by atoms with van der Waals surface area (Å²) in [6.07, 6.45) is 1.42. The highest BCUT2D eigenvalue weighted by Gasteiger charge is 2.16. The van der Waals surface area contributed by atoms with Crippen molar-refractivity contribution in [3.63, 3.8) is 0 Å². The van der Waals surface area contributed by atoms with Crippen molar-refractivity contribution in [3.05, 3.63) is 33.8 Å². The second-order valence-corrected chi connectivity index (χ2v) is 5.71. The van der Waals surface area contributed by atoms with Crippen LogP contribution in [-0.2, 0) is 10.1 Å². The average Bonchev–Trinajstić information content (AvgIpc) is 2.15. The Bertz CT molecular complexity index is 672. The predicted octanol–water partition coefficient (Wildman–Crippen LogP) is 2.23. The fourth-order valence-electron chi connectivity index (χ4n) is 1.36. The van der Waals surface area contributed by atoms with E-state index < -0.39 is 15.9 Å². The zero-order valence-electron chi connectivity index (χ0n) is 7.68. The number of nitrogens with zero attached hydrogens (tertiary/aromatic N) is 1. The number of benzene rings is 1. The number of hydrogen-bond donors (Lipinski definition) is 1. The van der Waals surface area contributed by atoms with Crippen LogP contribution in [0.4, 0.5) is 4.39 Å². The van der Waals surface area contributed by atoms with Gasteiger partial charge in [0.1, 0.15) is 16.2 Å². The molecule has 2 aromatic rings. The minimum absolute atomic E-state index is 0.0736. The zero-order valence-corrected chi connectivity index (χ0v) is 10.7. The molecule has 1 heterocycles. The van der Waals surface area contributed by atoms with Crippen LogP contribution in [0.25, 0.3) is 10.9 Å². The third-order valence-corrected chi connectivity index (χ3v) is 3.51. The van der Waals surface area contributed by atoms with Crippen LogP contribution < -0.4 is 0 Å². The van der Waals surface area contributed by atoms with Gasteiger partial charge in [0, 0.05) is 15.2 Å². The molecule has 0 unspecified atom stereocenters. The van der Waals surface area contributed by atoms with Crippen molar-refractivity contribution in [1.82, 2.24) is 4.98 Å². The molecule has 0 atom stereocenters. The van der Waals surface area contributed by atoms with Crippen molar-refractivity contribution in [3.8, 4) is 0 Å². The fourth-order valence-corrected chi connectivity index (χ4v) is 2.48. The maximum absolute atomic E-state index is 13.3. The molecule has 0 amide bonds. The van der Waals surface area contributed by atoms with Crippen molar-refractivity contribution < 1.29 is 17.4 Å². The van der Waals surface area contributed by atoms with Crippen LogP contribution in [0.1, 0.15) is 0 Å². The second-order valence-electron chi connectivity index (χ2n) is 3.07. The van der Waals surface area contributed by atoms with Gasteiger partial charge < -0.3 is 0 Å². The third kappa shape index (κ3) is 2.02. The lowest BCUT2D eigenvalue weighted by Gasteiger charge is -2.04. The molecule has 84 valence electrons. The molecule has 0 spiro atoms. The lowest BCUT2D eigenvalue weighted by Crippen LogP contribution is -2.01. The quantitative estimate of drug-likeness (QED) is 0.631. The number of rotatable bonds is 1. The van der Waals surface area contributed by atoms with E-state index in [1.54, 1.807) is 0 Å². The van der Waals surface area contributed by atoms with E-state index in [1.807, 2.05) is 22.6 Å². The van der Waals surface area contributed by atoms with E-state index >= 15 is 0 Å². The molecule has 0 aliphatic heterocycles. The summed E-state index contributed by atoms with van der Waals surface area (Å²) in [6, 6.07) is 3.44. The van der Waals surface area contributed by atoms with Gasteiger partial charge in [-0.25, -0.2) is 4.39 Å². The molecule has 0 aliphatic rings. The predicted molar refractivity (Wildman–Crippen MR) is 64.2 cm³/mol. The minimum Gasteiger partial charge on any atom is -0.282 e. The van der Waals surface area contributed by atoms with Gasteiger partial charge in [-0.3, -0.25) is 9.54 Å². The SMILES string of the molecule is O=S(=O)(O)c1ccc(F)c2ncc(I)cc12. The van der Waals surface area contributed by atoms with Crippen LogP contribution >= 0.6 is 22.6 Å². The highest BCUT2D eigenvalue weighted by Crippen LogP contribution is 2.25. The lowest BCUT2D eigenvalue weighted by molar-refractivity contribution is 0.484. The highest BCUT2D eigenvalue weighted by molar-refractivity contribution is 14.1. The largest absolute Gasteiger partial charge is 0.295 e. The Morgan fingerprint density at radius 2 is 2.06 bits per heavy atom. The van der Waals surface area contributed by atoms with Crippen LogP contribution in [0.5, 0.6) is 0 Å². The van der Waals surface area contributed by atoms with Gasteiger partial charge in [0.2, 0.25) is 0 Å². The van der Waals surface area contributed by atoms with Gasteiger partial charge in [-0.15, -0.1) is 0 Å².